The first kappa shape index (κ1) is 38.7. The second-order valence-corrected chi connectivity index (χ2v) is 15.1. The summed E-state index contributed by atoms with van der Waals surface area (Å²) in [4.78, 5) is 57.9. The Morgan fingerprint density at radius 1 is 0.926 bits per heavy atom. The summed E-state index contributed by atoms with van der Waals surface area (Å²) in [5, 5.41) is 3.12. The summed E-state index contributed by atoms with van der Waals surface area (Å²) in [5.74, 6) is -1.61. The van der Waals surface area contributed by atoms with Gasteiger partial charge in [0.1, 0.15) is 0 Å². The molecule has 4 aromatic rings. The number of nitrogens with one attached hydrogen (secondary N) is 3. The van der Waals surface area contributed by atoms with Crippen LogP contribution in [-0.4, -0.2) is 52.0 Å². The molecule has 3 N–H and O–H groups in total. The number of rotatable bonds is 10. The van der Waals surface area contributed by atoms with Gasteiger partial charge in [0.2, 0.25) is 0 Å². The molecule has 280 valence electrons. The highest BCUT2D eigenvalue weighted by molar-refractivity contribution is 14.1. The maximum atomic E-state index is 14.4. The van der Waals surface area contributed by atoms with Crippen molar-refractivity contribution in [1.29, 1.82) is 0 Å². The van der Waals surface area contributed by atoms with Crippen LogP contribution in [0.3, 0.4) is 0 Å². The van der Waals surface area contributed by atoms with Crippen molar-refractivity contribution in [2.24, 2.45) is 0 Å². The van der Waals surface area contributed by atoms with E-state index >= 15 is 0 Å². The maximum absolute atomic E-state index is 14.4. The van der Waals surface area contributed by atoms with Gasteiger partial charge in [-0.15, -0.1) is 0 Å². The molecule has 5 heterocycles. The number of esters is 2. The fourth-order valence-electron chi connectivity index (χ4n) is 7.62. The van der Waals surface area contributed by atoms with Gasteiger partial charge in [0, 0.05) is 67.3 Å². The van der Waals surface area contributed by atoms with E-state index in [2.05, 4.69) is 78.2 Å². The zero-order valence-electron chi connectivity index (χ0n) is 31.8. The van der Waals surface area contributed by atoms with Gasteiger partial charge in [0.25, 0.3) is 5.91 Å². The van der Waals surface area contributed by atoms with Crippen molar-refractivity contribution in [2.75, 3.05) is 14.2 Å². The number of carbonyl (C=O) groups is 3. The number of allylic oxidation sites excluding steroid dienone is 1. The first-order valence-electron chi connectivity index (χ1n) is 18.1. The van der Waals surface area contributed by atoms with Gasteiger partial charge in [-0.25, -0.2) is 4.98 Å². The Balaban J connectivity index is 1.73. The second-order valence-electron chi connectivity index (χ2n) is 13.9. The van der Waals surface area contributed by atoms with Crippen LogP contribution in [0.15, 0.2) is 49.0 Å². The van der Waals surface area contributed by atoms with Crippen LogP contribution in [0.1, 0.15) is 102 Å². The third-order valence-electron chi connectivity index (χ3n) is 10.7. The summed E-state index contributed by atoms with van der Waals surface area (Å²) >= 11 is 2.25. The number of carbonyl (C=O) groups excluding carboxylic acids is 3. The Hall–Kier alpha value is -5.04. The van der Waals surface area contributed by atoms with E-state index in [-0.39, 0.29) is 36.6 Å². The number of nitrogens with zero attached hydrogens (tertiary/aromatic N) is 2. The minimum Gasteiger partial charge on any atom is -0.469 e. The molecule has 11 heteroatoms. The molecule has 0 saturated heterocycles. The van der Waals surface area contributed by atoms with Crippen LogP contribution in [0.5, 0.6) is 0 Å². The number of benzene rings is 1. The predicted octanol–water partition coefficient (Wildman–Crippen LogP) is 8.54. The average Bonchev–Trinajstić information content (AvgIpc) is 3.84. The maximum Gasteiger partial charge on any atom is 0.310 e. The van der Waals surface area contributed by atoms with E-state index in [1.807, 2.05) is 49.4 Å². The number of amides is 1. The van der Waals surface area contributed by atoms with Crippen molar-refractivity contribution in [3.05, 3.63) is 109 Å². The van der Waals surface area contributed by atoms with Gasteiger partial charge in [0.15, 0.2) is 0 Å². The summed E-state index contributed by atoms with van der Waals surface area (Å²) in [7, 11) is 2.71. The largest absolute Gasteiger partial charge is 0.469 e. The lowest BCUT2D eigenvalue weighted by atomic mass is 9.84. The highest BCUT2D eigenvalue weighted by Gasteiger charge is 2.36. The number of aromatic amines is 2. The van der Waals surface area contributed by atoms with Crippen molar-refractivity contribution in [3.8, 4) is 0 Å². The van der Waals surface area contributed by atoms with Gasteiger partial charge < -0.3 is 24.8 Å². The Morgan fingerprint density at radius 2 is 1.65 bits per heavy atom. The molecule has 0 spiro atoms. The van der Waals surface area contributed by atoms with Gasteiger partial charge in [-0.1, -0.05) is 38.6 Å². The van der Waals surface area contributed by atoms with E-state index in [0.29, 0.717) is 46.8 Å². The first-order valence-corrected chi connectivity index (χ1v) is 19.2. The van der Waals surface area contributed by atoms with E-state index in [0.717, 1.165) is 65.6 Å². The third kappa shape index (κ3) is 7.51. The van der Waals surface area contributed by atoms with Gasteiger partial charge in [-0.05, 0) is 114 Å². The molecular formula is C43H46IN5O5. The third-order valence-corrected chi connectivity index (χ3v) is 11.4. The van der Waals surface area contributed by atoms with Crippen LogP contribution in [0.25, 0.3) is 39.3 Å². The van der Waals surface area contributed by atoms with Gasteiger partial charge >= 0.3 is 11.9 Å². The van der Waals surface area contributed by atoms with E-state index in [1.165, 1.54) is 14.2 Å². The zero-order valence-corrected chi connectivity index (χ0v) is 34.0. The molecule has 3 aromatic heterocycles. The topological polar surface area (TPSA) is 139 Å². The molecule has 0 saturated carbocycles. The van der Waals surface area contributed by atoms with Crippen LogP contribution < -0.4 is 5.32 Å². The fourth-order valence-corrected chi connectivity index (χ4v) is 8.23. The Labute approximate surface area is 329 Å². The number of hydrogen-bond donors (Lipinski definition) is 3. The number of hydrogen-bond acceptors (Lipinski definition) is 7. The quantitative estimate of drug-likeness (QED) is 0.108. The molecule has 0 aliphatic carbocycles. The van der Waals surface area contributed by atoms with Gasteiger partial charge in [-0.3, -0.25) is 19.4 Å². The lowest BCUT2D eigenvalue weighted by Crippen LogP contribution is -2.25. The highest BCUT2D eigenvalue weighted by Crippen LogP contribution is 2.44. The summed E-state index contributed by atoms with van der Waals surface area (Å²) in [6, 6.07) is 14.1. The number of ether oxygens (including phenoxy) is 2. The Morgan fingerprint density at radius 3 is 2.33 bits per heavy atom. The number of aryl methyl sites for hydroxylation is 3. The van der Waals surface area contributed by atoms with E-state index in [4.69, 9.17) is 19.4 Å². The van der Waals surface area contributed by atoms with E-state index in [1.54, 1.807) is 0 Å². The molecule has 6 rings (SSSR count). The molecule has 10 nitrogen and oxygen atoms in total. The minimum atomic E-state index is -0.496. The second kappa shape index (κ2) is 16.1. The van der Waals surface area contributed by atoms with Crippen molar-refractivity contribution >= 4 is 79.7 Å². The van der Waals surface area contributed by atoms with Crippen molar-refractivity contribution in [2.45, 2.75) is 78.7 Å². The first-order chi connectivity index (χ1) is 25.9. The van der Waals surface area contributed by atoms with Crippen LogP contribution in [0, 0.1) is 17.4 Å². The van der Waals surface area contributed by atoms with E-state index < -0.39 is 5.97 Å². The molecular weight excluding hydrogens is 793 g/mol. The SMILES string of the molecule is C=Cc1c(C)c2cc3nc(c(CC(=O)OC)c4nc(cc5[nH]c(cc1[nH]2)c(C)c5CC)C(C)=C4C(=O)NCc1cccc(I)c1)[C@@H](CCC(=O)OC)[C@@H]3C. The van der Waals surface area contributed by atoms with Gasteiger partial charge in [-0.2, -0.15) is 0 Å². The average molecular weight is 840 g/mol. The molecule has 1 aromatic carbocycles. The number of H-pyrrole nitrogens is 2. The van der Waals surface area contributed by atoms with Crippen LogP contribution in [0.2, 0.25) is 0 Å². The zero-order chi connectivity index (χ0) is 38.8. The number of methoxy groups -OCH3 is 2. The van der Waals surface area contributed by atoms with Crippen molar-refractivity contribution in [1.82, 2.24) is 25.3 Å². The van der Waals surface area contributed by atoms with Crippen molar-refractivity contribution < 1.29 is 23.9 Å². The minimum absolute atomic E-state index is 0.147. The lowest BCUT2D eigenvalue weighted by Gasteiger charge is -2.18. The number of aromatic nitrogens is 4. The fraction of sp³-hybridized carbons (Fsp3) is 0.326. The molecule has 8 bridgehead atoms. The molecule has 1 amide bonds. The van der Waals surface area contributed by atoms with Gasteiger partial charge in [0.05, 0.1) is 43.3 Å². The molecule has 0 unspecified atom stereocenters. The highest BCUT2D eigenvalue weighted by atomic mass is 127. The lowest BCUT2D eigenvalue weighted by molar-refractivity contribution is -0.141. The molecule has 0 radical (unpaired) electrons. The smallest absolute Gasteiger partial charge is 0.310 e. The molecule has 0 fully saturated rings. The van der Waals surface area contributed by atoms with Crippen molar-refractivity contribution in [3.63, 3.8) is 0 Å². The summed E-state index contributed by atoms with van der Waals surface area (Å²) in [6.07, 6.45) is 3.01. The Bertz CT molecular complexity index is 2390. The summed E-state index contributed by atoms with van der Waals surface area (Å²) < 4.78 is 11.3. The Kier molecular flexibility index (Phi) is 11.6. The van der Waals surface area contributed by atoms with Crippen LogP contribution >= 0.6 is 22.6 Å². The predicted molar refractivity (Wildman–Crippen MR) is 222 cm³/mol. The monoisotopic (exact) mass is 839 g/mol. The summed E-state index contributed by atoms with van der Waals surface area (Å²) in [6.45, 7) is 14.7. The van der Waals surface area contributed by atoms with Crippen LogP contribution in [-0.2, 0) is 43.2 Å². The molecule has 2 aliphatic rings. The van der Waals surface area contributed by atoms with E-state index in [9.17, 15) is 14.4 Å². The van der Waals surface area contributed by atoms with Crippen LogP contribution in [0.4, 0.5) is 0 Å². The molecule has 2 aliphatic heterocycles. The normalized spacial score (nSPS) is 15.3. The standard InChI is InChI=1S/C43H46IN5O5/c1-9-28-22(3)32-18-34-24(5)30(14-15-38(50)53-7)41(48-34)31(17-39(51)54-8)42-40(43(52)45-21-26-12-11-13-27(44)16-26)25(6)35(49-42)20-37-29(10-2)23(4)33(47-37)19-36(28)46-32/h9,11-13,16,18-20,24,30,46-47H,1,10,14-15,17,21H2,2-8H3,(H,45,52)/t24-,30-/m0/s1. The summed E-state index contributed by atoms with van der Waals surface area (Å²) in [5.41, 5.74) is 12.7. The number of fused-ring (bicyclic) bond motifs is 8. The molecule has 2 atom stereocenters. The number of halogens is 1. The molecule has 54 heavy (non-hydrogen) atoms.